The molecule has 1 atom stereocenters. The molecule has 2 rings (SSSR count). The lowest BCUT2D eigenvalue weighted by molar-refractivity contribution is -0.146. The van der Waals surface area contributed by atoms with Crippen LogP contribution in [0.4, 0.5) is 0 Å². The summed E-state index contributed by atoms with van der Waals surface area (Å²) in [5.74, 6) is 0.291. The molecule has 0 saturated carbocycles. The fourth-order valence-electron chi connectivity index (χ4n) is 2.40. The standard InChI is InChI=1S/C19H25N3O4/c1-12(2)11-26-19(24)14(20)9-13-5-6-15(21-10-13)17-16(25-4)7-8-22(3)18(17)23/h5-8,10,12,14H,9,11,20H2,1-4H3/t14-/m0/s1. The molecule has 26 heavy (non-hydrogen) atoms. The molecule has 0 bridgehead atoms. The molecule has 0 radical (unpaired) electrons. The molecule has 7 nitrogen and oxygen atoms in total. The number of aromatic nitrogens is 2. The lowest BCUT2D eigenvalue weighted by Crippen LogP contribution is -2.35. The Morgan fingerprint density at radius 1 is 1.31 bits per heavy atom. The Bertz CT molecular complexity index is 813. The van der Waals surface area contributed by atoms with Crippen molar-refractivity contribution in [3.05, 3.63) is 46.5 Å². The Kier molecular flexibility index (Phi) is 6.52. The van der Waals surface area contributed by atoms with Crippen LogP contribution < -0.4 is 16.0 Å². The number of carbonyl (C=O) groups excluding carboxylic acids is 1. The van der Waals surface area contributed by atoms with Gasteiger partial charge in [0.1, 0.15) is 17.4 Å². The van der Waals surface area contributed by atoms with Gasteiger partial charge in [-0.25, -0.2) is 0 Å². The van der Waals surface area contributed by atoms with Crippen LogP contribution in [0.25, 0.3) is 11.3 Å². The molecule has 140 valence electrons. The number of carbonyl (C=O) groups is 1. The zero-order valence-corrected chi connectivity index (χ0v) is 15.6. The van der Waals surface area contributed by atoms with E-state index < -0.39 is 12.0 Å². The van der Waals surface area contributed by atoms with Crippen molar-refractivity contribution in [2.45, 2.75) is 26.3 Å². The molecule has 0 aliphatic heterocycles. The van der Waals surface area contributed by atoms with Crippen molar-refractivity contribution in [2.75, 3.05) is 13.7 Å². The van der Waals surface area contributed by atoms with Crippen molar-refractivity contribution in [3.8, 4) is 17.0 Å². The number of aryl methyl sites for hydroxylation is 1. The normalized spacial score (nSPS) is 12.1. The first-order valence-electron chi connectivity index (χ1n) is 8.44. The average molecular weight is 359 g/mol. The Hall–Kier alpha value is -2.67. The zero-order valence-electron chi connectivity index (χ0n) is 15.6. The van der Waals surface area contributed by atoms with Gasteiger partial charge < -0.3 is 19.8 Å². The number of rotatable bonds is 7. The molecule has 0 amide bonds. The van der Waals surface area contributed by atoms with Crippen molar-refractivity contribution >= 4 is 5.97 Å². The van der Waals surface area contributed by atoms with E-state index in [1.54, 1.807) is 37.6 Å². The van der Waals surface area contributed by atoms with E-state index in [-0.39, 0.29) is 11.5 Å². The number of ether oxygens (including phenoxy) is 2. The SMILES string of the molecule is COc1ccn(C)c(=O)c1-c1ccc(C[C@H](N)C(=O)OCC(C)C)cn1. The second kappa shape index (κ2) is 8.62. The van der Waals surface area contributed by atoms with Gasteiger partial charge in [-0.05, 0) is 30.0 Å². The molecule has 0 aliphatic rings. The zero-order chi connectivity index (χ0) is 19.3. The van der Waals surface area contributed by atoms with Crippen LogP contribution >= 0.6 is 0 Å². The molecule has 2 heterocycles. The molecule has 7 heteroatoms. The monoisotopic (exact) mass is 359 g/mol. The fourth-order valence-corrected chi connectivity index (χ4v) is 2.40. The van der Waals surface area contributed by atoms with Gasteiger partial charge in [0.2, 0.25) is 0 Å². The highest BCUT2D eigenvalue weighted by molar-refractivity contribution is 5.76. The van der Waals surface area contributed by atoms with E-state index in [0.717, 1.165) is 5.56 Å². The van der Waals surface area contributed by atoms with Gasteiger partial charge in [0.25, 0.3) is 5.56 Å². The smallest absolute Gasteiger partial charge is 0.323 e. The highest BCUT2D eigenvalue weighted by atomic mass is 16.5. The van der Waals surface area contributed by atoms with E-state index in [4.69, 9.17) is 15.2 Å². The quantitative estimate of drug-likeness (QED) is 0.753. The van der Waals surface area contributed by atoms with Gasteiger partial charge in [0.05, 0.1) is 19.4 Å². The maximum atomic E-state index is 12.4. The van der Waals surface area contributed by atoms with Crippen molar-refractivity contribution in [2.24, 2.45) is 18.7 Å². The number of hydrogen-bond acceptors (Lipinski definition) is 6. The second-order valence-corrected chi connectivity index (χ2v) is 6.56. The third-order valence-electron chi connectivity index (χ3n) is 3.85. The maximum absolute atomic E-state index is 12.4. The first-order chi connectivity index (χ1) is 12.3. The Morgan fingerprint density at radius 3 is 2.62 bits per heavy atom. The summed E-state index contributed by atoms with van der Waals surface area (Å²) in [7, 11) is 3.18. The minimum Gasteiger partial charge on any atom is -0.496 e. The number of pyridine rings is 2. The summed E-state index contributed by atoms with van der Waals surface area (Å²) in [6, 6.07) is 4.48. The van der Waals surface area contributed by atoms with Crippen LogP contribution in [0.1, 0.15) is 19.4 Å². The van der Waals surface area contributed by atoms with Crippen LogP contribution in [-0.2, 0) is 23.0 Å². The summed E-state index contributed by atoms with van der Waals surface area (Å²) in [5, 5.41) is 0. The predicted molar refractivity (Wildman–Crippen MR) is 98.9 cm³/mol. The van der Waals surface area contributed by atoms with Gasteiger partial charge in [-0.1, -0.05) is 19.9 Å². The lowest BCUT2D eigenvalue weighted by Gasteiger charge is -2.13. The van der Waals surface area contributed by atoms with E-state index in [0.29, 0.717) is 30.0 Å². The Labute approximate surface area is 152 Å². The average Bonchev–Trinajstić information content (AvgIpc) is 2.62. The molecule has 0 unspecified atom stereocenters. The van der Waals surface area contributed by atoms with Crippen LogP contribution in [0.5, 0.6) is 5.75 Å². The second-order valence-electron chi connectivity index (χ2n) is 6.56. The first kappa shape index (κ1) is 19.7. The summed E-state index contributed by atoms with van der Waals surface area (Å²) in [6.45, 7) is 4.27. The molecular weight excluding hydrogens is 334 g/mol. The fraction of sp³-hybridized carbons (Fsp3) is 0.421. The largest absolute Gasteiger partial charge is 0.496 e. The van der Waals surface area contributed by atoms with Crippen molar-refractivity contribution in [3.63, 3.8) is 0 Å². The maximum Gasteiger partial charge on any atom is 0.323 e. The number of nitrogens with zero attached hydrogens (tertiary/aromatic N) is 2. The third kappa shape index (κ3) is 4.70. The highest BCUT2D eigenvalue weighted by Gasteiger charge is 2.17. The Balaban J connectivity index is 2.16. The van der Waals surface area contributed by atoms with Crippen LogP contribution in [0, 0.1) is 5.92 Å². The number of methoxy groups -OCH3 is 1. The summed E-state index contributed by atoms with van der Waals surface area (Å²) in [6.07, 6.45) is 3.56. The van der Waals surface area contributed by atoms with E-state index in [1.165, 1.54) is 11.7 Å². The summed E-state index contributed by atoms with van der Waals surface area (Å²) < 4.78 is 11.9. The minimum absolute atomic E-state index is 0.196. The summed E-state index contributed by atoms with van der Waals surface area (Å²) >= 11 is 0. The van der Waals surface area contributed by atoms with Gasteiger partial charge in [-0.15, -0.1) is 0 Å². The van der Waals surface area contributed by atoms with Crippen LogP contribution in [0.2, 0.25) is 0 Å². The topological polar surface area (TPSA) is 96.4 Å². The molecule has 0 aliphatic carbocycles. The summed E-state index contributed by atoms with van der Waals surface area (Å²) in [5.41, 5.74) is 7.39. The number of esters is 1. The van der Waals surface area contributed by atoms with Gasteiger partial charge in [0.15, 0.2) is 0 Å². The van der Waals surface area contributed by atoms with E-state index in [9.17, 15) is 9.59 Å². The molecule has 0 fully saturated rings. The van der Waals surface area contributed by atoms with Gasteiger partial charge in [-0.3, -0.25) is 14.6 Å². The van der Waals surface area contributed by atoms with Gasteiger partial charge >= 0.3 is 5.97 Å². The minimum atomic E-state index is -0.750. The van der Waals surface area contributed by atoms with E-state index in [2.05, 4.69) is 4.98 Å². The molecule has 0 aromatic carbocycles. The van der Waals surface area contributed by atoms with E-state index >= 15 is 0 Å². The molecule has 0 spiro atoms. The van der Waals surface area contributed by atoms with Crippen LogP contribution in [0.15, 0.2) is 35.4 Å². The van der Waals surface area contributed by atoms with Crippen LogP contribution in [-0.4, -0.2) is 35.3 Å². The van der Waals surface area contributed by atoms with Crippen molar-refractivity contribution < 1.29 is 14.3 Å². The highest BCUT2D eigenvalue weighted by Crippen LogP contribution is 2.24. The van der Waals surface area contributed by atoms with Gasteiger partial charge in [-0.2, -0.15) is 0 Å². The van der Waals surface area contributed by atoms with E-state index in [1.807, 2.05) is 13.8 Å². The van der Waals surface area contributed by atoms with Gasteiger partial charge in [0, 0.05) is 19.4 Å². The molecule has 2 aromatic heterocycles. The van der Waals surface area contributed by atoms with Crippen molar-refractivity contribution in [1.29, 1.82) is 0 Å². The molecular formula is C19H25N3O4. The molecule has 2 aromatic rings. The van der Waals surface area contributed by atoms with Crippen molar-refractivity contribution in [1.82, 2.24) is 9.55 Å². The first-order valence-corrected chi connectivity index (χ1v) is 8.44. The molecule has 0 saturated heterocycles. The Morgan fingerprint density at radius 2 is 2.04 bits per heavy atom. The summed E-state index contributed by atoms with van der Waals surface area (Å²) in [4.78, 5) is 28.6. The lowest BCUT2D eigenvalue weighted by atomic mass is 10.1. The number of hydrogen-bond donors (Lipinski definition) is 1. The van der Waals surface area contributed by atoms with Crippen LogP contribution in [0.3, 0.4) is 0 Å². The third-order valence-corrected chi connectivity index (χ3v) is 3.85. The molecule has 2 N–H and O–H groups in total. The predicted octanol–water partition coefficient (Wildman–Crippen LogP) is 1.52. The number of nitrogens with two attached hydrogens (primary N) is 1.